The Bertz CT molecular complexity index is 739. The zero-order valence-corrected chi connectivity index (χ0v) is 14.6. The van der Waals surface area contributed by atoms with Crippen molar-refractivity contribution in [1.29, 1.82) is 0 Å². The lowest BCUT2D eigenvalue weighted by atomic mass is 10.2. The third kappa shape index (κ3) is 3.56. The van der Waals surface area contributed by atoms with E-state index in [1.807, 2.05) is 25.1 Å². The molecular formula is C18H24N6O. The minimum absolute atomic E-state index is 0.0800. The number of nitrogens with one attached hydrogen (secondary N) is 1. The summed E-state index contributed by atoms with van der Waals surface area (Å²) in [6, 6.07) is 6.35. The Balaban J connectivity index is 1.37. The fraction of sp³-hybridized carbons (Fsp3) is 0.556. The molecule has 132 valence electrons. The van der Waals surface area contributed by atoms with Crippen LogP contribution in [0.25, 0.3) is 0 Å². The van der Waals surface area contributed by atoms with E-state index in [0.717, 1.165) is 43.3 Å². The van der Waals surface area contributed by atoms with Crippen LogP contribution in [0.15, 0.2) is 24.4 Å². The number of aromatic nitrogens is 4. The number of carbonyl (C=O) groups is 1. The van der Waals surface area contributed by atoms with E-state index in [4.69, 9.17) is 0 Å². The summed E-state index contributed by atoms with van der Waals surface area (Å²) in [5, 5.41) is 11.5. The van der Waals surface area contributed by atoms with E-state index in [-0.39, 0.29) is 11.9 Å². The molecule has 25 heavy (non-hydrogen) atoms. The molecule has 7 nitrogen and oxygen atoms in total. The van der Waals surface area contributed by atoms with Crippen LogP contribution in [-0.4, -0.2) is 43.1 Å². The molecule has 1 unspecified atom stereocenters. The third-order valence-electron chi connectivity index (χ3n) is 5.03. The Hall–Kier alpha value is -2.28. The molecule has 1 amide bonds. The average Bonchev–Trinajstić information content (AvgIpc) is 3.24. The van der Waals surface area contributed by atoms with Crippen molar-refractivity contribution < 1.29 is 4.79 Å². The number of rotatable bonds is 6. The SMILES string of the molecule is Cc1nnc(CNC(=O)C2CCCN2Cc2ccccn2)n1C1CC1. The van der Waals surface area contributed by atoms with Crippen molar-refractivity contribution in [3.05, 3.63) is 41.7 Å². The highest BCUT2D eigenvalue weighted by Gasteiger charge is 2.32. The average molecular weight is 340 g/mol. The number of hydrogen-bond donors (Lipinski definition) is 1. The van der Waals surface area contributed by atoms with Crippen molar-refractivity contribution in [2.45, 2.75) is 57.8 Å². The Morgan fingerprint density at radius 1 is 1.28 bits per heavy atom. The van der Waals surface area contributed by atoms with Gasteiger partial charge in [-0.1, -0.05) is 6.07 Å². The van der Waals surface area contributed by atoms with E-state index in [1.165, 1.54) is 12.8 Å². The molecule has 0 radical (unpaired) electrons. The second kappa shape index (κ2) is 6.92. The number of aryl methyl sites for hydroxylation is 1. The van der Waals surface area contributed by atoms with Gasteiger partial charge in [-0.15, -0.1) is 10.2 Å². The molecule has 1 N–H and O–H groups in total. The molecule has 1 aliphatic heterocycles. The summed E-state index contributed by atoms with van der Waals surface area (Å²) in [4.78, 5) is 19.3. The van der Waals surface area contributed by atoms with Crippen molar-refractivity contribution >= 4 is 5.91 Å². The van der Waals surface area contributed by atoms with Crippen LogP contribution in [0, 0.1) is 6.92 Å². The van der Waals surface area contributed by atoms with Gasteiger partial charge in [0.05, 0.1) is 18.3 Å². The molecule has 0 spiro atoms. The van der Waals surface area contributed by atoms with Gasteiger partial charge in [0.15, 0.2) is 5.82 Å². The molecule has 1 aliphatic carbocycles. The van der Waals surface area contributed by atoms with Crippen LogP contribution in [0.4, 0.5) is 0 Å². The van der Waals surface area contributed by atoms with Crippen molar-refractivity contribution in [2.24, 2.45) is 0 Å². The predicted molar refractivity (Wildman–Crippen MR) is 92.5 cm³/mol. The van der Waals surface area contributed by atoms with Crippen LogP contribution < -0.4 is 5.32 Å². The Morgan fingerprint density at radius 3 is 2.92 bits per heavy atom. The largest absolute Gasteiger partial charge is 0.347 e. The van der Waals surface area contributed by atoms with Crippen LogP contribution >= 0.6 is 0 Å². The van der Waals surface area contributed by atoms with E-state index in [1.54, 1.807) is 6.20 Å². The fourth-order valence-electron chi connectivity index (χ4n) is 3.64. The first-order chi connectivity index (χ1) is 12.2. The number of carbonyl (C=O) groups excluding carboxylic acids is 1. The summed E-state index contributed by atoms with van der Waals surface area (Å²) < 4.78 is 2.17. The van der Waals surface area contributed by atoms with Crippen molar-refractivity contribution in [2.75, 3.05) is 6.54 Å². The number of likely N-dealkylation sites (tertiary alicyclic amines) is 1. The van der Waals surface area contributed by atoms with Crippen LogP contribution in [0.3, 0.4) is 0 Å². The van der Waals surface area contributed by atoms with Gasteiger partial charge in [0.2, 0.25) is 5.91 Å². The molecule has 2 fully saturated rings. The lowest BCUT2D eigenvalue weighted by molar-refractivity contribution is -0.125. The normalized spacial score (nSPS) is 20.8. The van der Waals surface area contributed by atoms with Gasteiger partial charge in [0, 0.05) is 18.8 Å². The topological polar surface area (TPSA) is 75.9 Å². The summed E-state index contributed by atoms with van der Waals surface area (Å²) in [5.41, 5.74) is 1.01. The van der Waals surface area contributed by atoms with Gasteiger partial charge in [0.25, 0.3) is 0 Å². The zero-order valence-electron chi connectivity index (χ0n) is 14.6. The maximum Gasteiger partial charge on any atom is 0.237 e. The minimum atomic E-state index is -0.0830. The molecule has 1 saturated heterocycles. The maximum absolute atomic E-state index is 12.7. The number of pyridine rings is 1. The minimum Gasteiger partial charge on any atom is -0.347 e. The molecular weight excluding hydrogens is 316 g/mol. The summed E-state index contributed by atoms with van der Waals surface area (Å²) in [6.07, 6.45) is 6.10. The van der Waals surface area contributed by atoms with E-state index >= 15 is 0 Å². The number of amides is 1. The Kier molecular flexibility index (Phi) is 4.48. The van der Waals surface area contributed by atoms with E-state index in [0.29, 0.717) is 12.6 Å². The van der Waals surface area contributed by atoms with Gasteiger partial charge >= 0.3 is 0 Å². The van der Waals surface area contributed by atoms with Gasteiger partial charge in [-0.2, -0.15) is 0 Å². The molecule has 2 aromatic rings. The first kappa shape index (κ1) is 16.2. The summed E-state index contributed by atoms with van der Waals surface area (Å²) in [7, 11) is 0. The standard InChI is InChI=1S/C18H24N6O/c1-13-21-22-17(24(13)15-7-8-15)11-20-18(25)16-6-4-10-23(16)12-14-5-2-3-9-19-14/h2-3,5,9,15-16H,4,6-8,10-12H2,1H3,(H,20,25). The van der Waals surface area contributed by atoms with E-state index in [2.05, 4.69) is 30.0 Å². The molecule has 1 atom stereocenters. The van der Waals surface area contributed by atoms with Crippen LogP contribution in [-0.2, 0) is 17.9 Å². The third-order valence-corrected chi connectivity index (χ3v) is 5.03. The van der Waals surface area contributed by atoms with Gasteiger partial charge in [-0.05, 0) is 51.3 Å². The fourth-order valence-corrected chi connectivity index (χ4v) is 3.64. The molecule has 3 heterocycles. The quantitative estimate of drug-likeness (QED) is 0.864. The molecule has 2 aliphatic rings. The van der Waals surface area contributed by atoms with Gasteiger partial charge in [0.1, 0.15) is 5.82 Å². The highest BCUT2D eigenvalue weighted by Crippen LogP contribution is 2.36. The summed E-state index contributed by atoms with van der Waals surface area (Å²) in [5.74, 6) is 1.88. The predicted octanol–water partition coefficient (Wildman–Crippen LogP) is 1.60. The highest BCUT2D eigenvalue weighted by molar-refractivity contribution is 5.81. The second-order valence-electron chi connectivity index (χ2n) is 6.93. The first-order valence-corrected chi connectivity index (χ1v) is 9.04. The molecule has 2 aromatic heterocycles. The van der Waals surface area contributed by atoms with Crippen molar-refractivity contribution in [3.63, 3.8) is 0 Å². The zero-order chi connectivity index (χ0) is 17.2. The Labute approximate surface area is 147 Å². The molecule has 7 heteroatoms. The number of hydrogen-bond acceptors (Lipinski definition) is 5. The van der Waals surface area contributed by atoms with E-state index < -0.39 is 0 Å². The second-order valence-corrected chi connectivity index (χ2v) is 6.93. The van der Waals surface area contributed by atoms with Gasteiger partial charge in [-0.3, -0.25) is 14.7 Å². The monoisotopic (exact) mass is 340 g/mol. The summed E-state index contributed by atoms with van der Waals surface area (Å²) >= 11 is 0. The lowest BCUT2D eigenvalue weighted by Gasteiger charge is -2.23. The highest BCUT2D eigenvalue weighted by atomic mass is 16.2. The van der Waals surface area contributed by atoms with Crippen molar-refractivity contribution in [1.82, 2.24) is 30.0 Å². The van der Waals surface area contributed by atoms with Gasteiger partial charge < -0.3 is 9.88 Å². The van der Waals surface area contributed by atoms with Crippen LogP contribution in [0.1, 0.15) is 49.1 Å². The number of nitrogens with zero attached hydrogens (tertiary/aromatic N) is 5. The molecule has 1 saturated carbocycles. The van der Waals surface area contributed by atoms with E-state index in [9.17, 15) is 4.79 Å². The lowest BCUT2D eigenvalue weighted by Crippen LogP contribution is -2.43. The first-order valence-electron chi connectivity index (χ1n) is 9.04. The van der Waals surface area contributed by atoms with Crippen LogP contribution in [0.2, 0.25) is 0 Å². The molecule has 0 bridgehead atoms. The summed E-state index contributed by atoms with van der Waals surface area (Å²) in [6.45, 7) is 4.08. The smallest absolute Gasteiger partial charge is 0.237 e. The molecule has 4 rings (SSSR count). The molecule has 0 aromatic carbocycles. The maximum atomic E-state index is 12.7. The van der Waals surface area contributed by atoms with Crippen LogP contribution in [0.5, 0.6) is 0 Å². The Morgan fingerprint density at radius 2 is 2.16 bits per heavy atom. The van der Waals surface area contributed by atoms with Gasteiger partial charge in [-0.25, -0.2) is 0 Å². The van der Waals surface area contributed by atoms with Crippen molar-refractivity contribution in [3.8, 4) is 0 Å².